The highest BCUT2D eigenvalue weighted by molar-refractivity contribution is 7.79. The van der Waals surface area contributed by atoms with Crippen molar-refractivity contribution >= 4 is 45.2 Å². The van der Waals surface area contributed by atoms with E-state index in [1.807, 2.05) is 19.1 Å². The lowest BCUT2D eigenvalue weighted by Crippen LogP contribution is -1.99. The van der Waals surface area contributed by atoms with Gasteiger partial charge in [0.05, 0.1) is 21.4 Å². The van der Waals surface area contributed by atoms with Crippen LogP contribution >= 0.6 is 34.8 Å². The Bertz CT molecular complexity index is 1140. The highest BCUT2D eigenvalue weighted by Gasteiger charge is 2.08. The quantitative estimate of drug-likeness (QED) is 0.380. The van der Waals surface area contributed by atoms with Crippen molar-refractivity contribution in [1.82, 2.24) is 15.0 Å². The average molecular weight is 521 g/mol. The molecule has 2 aromatic heterocycles. The van der Waals surface area contributed by atoms with Crippen molar-refractivity contribution in [3.63, 3.8) is 0 Å². The SMILES string of the molecule is CCc1ncnc(CCCc2ccc(Oc3ccc(Cl)cc3Cl)nc2)c1Cl.O=S(=O)(O)O. The minimum absolute atomic E-state index is 0.446. The highest BCUT2D eigenvalue weighted by atomic mass is 35.5. The van der Waals surface area contributed by atoms with E-state index in [0.29, 0.717) is 26.7 Å². The van der Waals surface area contributed by atoms with Gasteiger partial charge >= 0.3 is 10.4 Å². The molecular weight excluding hydrogens is 501 g/mol. The lowest BCUT2D eigenvalue weighted by molar-refractivity contribution is 0.381. The topological polar surface area (TPSA) is 122 Å². The molecule has 3 aromatic rings. The predicted molar refractivity (Wildman–Crippen MR) is 123 cm³/mol. The number of rotatable bonds is 7. The molecule has 8 nitrogen and oxygen atoms in total. The number of aromatic nitrogens is 3. The fourth-order valence-corrected chi connectivity index (χ4v) is 3.39. The summed E-state index contributed by atoms with van der Waals surface area (Å²) >= 11 is 18.3. The van der Waals surface area contributed by atoms with Gasteiger partial charge in [-0.15, -0.1) is 0 Å². The molecule has 172 valence electrons. The lowest BCUT2D eigenvalue weighted by Gasteiger charge is -2.08. The summed E-state index contributed by atoms with van der Waals surface area (Å²) in [5.74, 6) is 1.00. The van der Waals surface area contributed by atoms with Crippen LogP contribution in [0.3, 0.4) is 0 Å². The van der Waals surface area contributed by atoms with Crippen molar-refractivity contribution < 1.29 is 22.3 Å². The maximum atomic E-state index is 8.74. The number of nitrogens with zero attached hydrogens (tertiary/aromatic N) is 3. The summed E-state index contributed by atoms with van der Waals surface area (Å²) in [6.45, 7) is 2.03. The first-order valence-electron chi connectivity index (χ1n) is 9.32. The summed E-state index contributed by atoms with van der Waals surface area (Å²) in [6.07, 6.45) is 6.78. The van der Waals surface area contributed by atoms with Gasteiger partial charge in [-0.3, -0.25) is 9.11 Å². The second kappa shape index (κ2) is 12.3. The fourth-order valence-electron chi connectivity index (χ4n) is 2.62. The molecular formula is C20H20Cl3N3O5S. The van der Waals surface area contributed by atoms with Gasteiger partial charge in [0.2, 0.25) is 5.88 Å². The smallest absolute Gasteiger partial charge is 0.394 e. The minimum atomic E-state index is -4.67. The van der Waals surface area contributed by atoms with E-state index in [9.17, 15) is 0 Å². The standard InChI is InChI=1S/C20H18Cl3N3O.H2O4S/c1-2-16-20(23)17(26-12-25-16)5-3-4-13-6-9-19(24-11-13)27-18-8-7-14(21)10-15(18)22;1-5(2,3)4/h6-12H,2-5H2,1H3;(H2,1,2,3,4). The molecule has 0 bridgehead atoms. The Hall–Kier alpha value is -2.01. The van der Waals surface area contributed by atoms with Crippen LogP contribution < -0.4 is 4.74 Å². The Morgan fingerprint density at radius 2 is 1.66 bits per heavy atom. The van der Waals surface area contributed by atoms with Crippen LogP contribution in [0.15, 0.2) is 42.9 Å². The third kappa shape index (κ3) is 9.23. The third-order valence-electron chi connectivity index (χ3n) is 4.05. The molecule has 0 spiro atoms. The van der Waals surface area contributed by atoms with Crippen LogP contribution in [0.4, 0.5) is 0 Å². The van der Waals surface area contributed by atoms with Crippen molar-refractivity contribution in [3.8, 4) is 11.6 Å². The van der Waals surface area contributed by atoms with Crippen molar-refractivity contribution in [3.05, 3.63) is 74.9 Å². The first-order valence-corrected chi connectivity index (χ1v) is 11.9. The molecule has 0 amide bonds. The number of aryl methyl sites for hydroxylation is 3. The Morgan fingerprint density at radius 3 is 2.25 bits per heavy atom. The third-order valence-corrected chi connectivity index (χ3v) is 5.02. The number of pyridine rings is 1. The van der Waals surface area contributed by atoms with Gasteiger partial charge in [-0.2, -0.15) is 8.42 Å². The van der Waals surface area contributed by atoms with Crippen LogP contribution in [-0.4, -0.2) is 32.5 Å². The molecule has 0 aliphatic heterocycles. The predicted octanol–water partition coefficient (Wildman–Crippen LogP) is 5.71. The summed E-state index contributed by atoms with van der Waals surface area (Å²) < 4.78 is 37.3. The van der Waals surface area contributed by atoms with Gasteiger partial charge in [0.1, 0.15) is 12.1 Å². The van der Waals surface area contributed by atoms with Gasteiger partial charge in [-0.1, -0.05) is 47.8 Å². The summed E-state index contributed by atoms with van der Waals surface area (Å²) in [5, 5.41) is 1.69. The summed E-state index contributed by atoms with van der Waals surface area (Å²) in [7, 11) is -4.67. The maximum absolute atomic E-state index is 8.74. The van der Waals surface area contributed by atoms with Crippen LogP contribution in [0.25, 0.3) is 0 Å². The van der Waals surface area contributed by atoms with Crippen molar-refractivity contribution in [1.29, 1.82) is 0 Å². The summed E-state index contributed by atoms with van der Waals surface area (Å²) in [5.41, 5.74) is 2.91. The summed E-state index contributed by atoms with van der Waals surface area (Å²) in [4.78, 5) is 12.8. The van der Waals surface area contributed by atoms with Crippen LogP contribution in [0, 0.1) is 0 Å². The van der Waals surface area contributed by atoms with E-state index in [4.69, 9.17) is 57.1 Å². The molecule has 2 heterocycles. The van der Waals surface area contributed by atoms with Crippen molar-refractivity contribution in [2.45, 2.75) is 32.6 Å². The average Bonchev–Trinajstić information content (AvgIpc) is 2.71. The van der Waals surface area contributed by atoms with Gasteiger partial charge in [-0.05, 0) is 49.4 Å². The van der Waals surface area contributed by atoms with Gasteiger partial charge in [0.25, 0.3) is 0 Å². The van der Waals surface area contributed by atoms with E-state index in [2.05, 4.69) is 15.0 Å². The number of halogens is 3. The number of hydrogen-bond donors (Lipinski definition) is 2. The van der Waals surface area contributed by atoms with Crippen LogP contribution in [0.2, 0.25) is 15.1 Å². The number of hydrogen-bond acceptors (Lipinski definition) is 6. The number of benzene rings is 1. The van der Waals surface area contributed by atoms with Crippen LogP contribution in [0.1, 0.15) is 30.3 Å². The zero-order chi connectivity index (χ0) is 23.7. The first-order chi connectivity index (χ1) is 15.1. The molecule has 0 fully saturated rings. The molecule has 0 unspecified atom stereocenters. The van der Waals surface area contributed by atoms with Gasteiger partial charge in [-0.25, -0.2) is 15.0 Å². The van der Waals surface area contributed by atoms with Gasteiger partial charge in [0, 0.05) is 17.3 Å². The molecule has 32 heavy (non-hydrogen) atoms. The molecule has 0 saturated heterocycles. The van der Waals surface area contributed by atoms with E-state index >= 15 is 0 Å². The van der Waals surface area contributed by atoms with Crippen molar-refractivity contribution in [2.24, 2.45) is 0 Å². The molecule has 2 N–H and O–H groups in total. The normalized spacial score (nSPS) is 10.9. The Kier molecular flexibility index (Phi) is 10.1. The molecule has 0 aliphatic carbocycles. The largest absolute Gasteiger partial charge is 0.437 e. The van der Waals surface area contributed by atoms with E-state index in [-0.39, 0.29) is 0 Å². The maximum Gasteiger partial charge on any atom is 0.394 e. The van der Waals surface area contributed by atoms with Gasteiger partial charge in [0.15, 0.2) is 0 Å². The fraction of sp³-hybridized carbons (Fsp3) is 0.250. The zero-order valence-corrected chi connectivity index (χ0v) is 20.0. The Balaban J connectivity index is 0.000000654. The zero-order valence-electron chi connectivity index (χ0n) is 16.9. The van der Waals surface area contributed by atoms with E-state index in [1.165, 1.54) is 0 Å². The van der Waals surface area contributed by atoms with E-state index in [0.717, 1.165) is 42.6 Å². The first kappa shape index (κ1) is 26.2. The highest BCUT2D eigenvalue weighted by Crippen LogP contribution is 2.30. The molecule has 0 atom stereocenters. The van der Waals surface area contributed by atoms with Gasteiger partial charge < -0.3 is 4.74 Å². The van der Waals surface area contributed by atoms with Crippen LogP contribution in [0.5, 0.6) is 11.6 Å². The summed E-state index contributed by atoms with van der Waals surface area (Å²) in [6, 6.07) is 8.89. The lowest BCUT2D eigenvalue weighted by atomic mass is 10.1. The van der Waals surface area contributed by atoms with E-state index in [1.54, 1.807) is 30.7 Å². The molecule has 0 saturated carbocycles. The molecule has 3 rings (SSSR count). The molecule has 1 aromatic carbocycles. The number of ether oxygens (including phenoxy) is 1. The molecule has 12 heteroatoms. The molecule has 0 aliphatic rings. The second-order valence-electron chi connectivity index (χ2n) is 6.42. The Labute approximate surface area is 201 Å². The molecule has 0 radical (unpaired) electrons. The van der Waals surface area contributed by atoms with E-state index < -0.39 is 10.4 Å². The van der Waals surface area contributed by atoms with Crippen molar-refractivity contribution in [2.75, 3.05) is 0 Å². The monoisotopic (exact) mass is 519 g/mol. The van der Waals surface area contributed by atoms with Crippen LogP contribution in [-0.2, 0) is 29.7 Å². The second-order valence-corrected chi connectivity index (χ2v) is 8.53. The Morgan fingerprint density at radius 1 is 0.969 bits per heavy atom. The minimum Gasteiger partial charge on any atom is -0.437 e.